The molecule has 1 aliphatic heterocycles. The Kier molecular flexibility index (Phi) is 5.21. The predicted octanol–water partition coefficient (Wildman–Crippen LogP) is 3.46. The molecule has 0 saturated heterocycles. The highest BCUT2D eigenvalue weighted by Gasteiger charge is 2.23. The summed E-state index contributed by atoms with van der Waals surface area (Å²) in [5.74, 6) is 2.21. The summed E-state index contributed by atoms with van der Waals surface area (Å²) in [6, 6.07) is 14.8. The van der Waals surface area contributed by atoms with Gasteiger partial charge in [0.2, 0.25) is 0 Å². The molecular formula is C22H23NO5. The second-order valence-corrected chi connectivity index (χ2v) is 6.78. The van der Waals surface area contributed by atoms with Crippen LogP contribution in [0.4, 0.5) is 0 Å². The van der Waals surface area contributed by atoms with Gasteiger partial charge in [0.25, 0.3) is 0 Å². The van der Waals surface area contributed by atoms with Crippen LogP contribution in [0.1, 0.15) is 12.5 Å². The number of likely N-dealkylation sites (N-methyl/N-ethyl adjacent to an activating group) is 1. The van der Waals surface area contributed by atoms with E-state index in [1.165, 1.54) is 0 Å². The first-order valence-corrected chi connectivity index (χ1v) is 9.38. The fraction of sp³-hybridized carbons (Fsp3) is 0.318. The monoisotopic (exact) mass is 381 g/mol. The molecule has 0 aliphatic carbocycles. The second-order valence-electron chi connectivity index (χ2n) is 6.78. The Morgan fingerprint density at radius 2 is 1.96 bits per heavy atom. The number of para-hydroxylation sites is 2. The fourth-order valence-electron chi connectivity index (χ4n) is 3.46. The number of hydrogen-bond acceptors (Lipinski definition) is 6. The highest BCUT2D eigenvalue weighted by Crippen LogP contribution is 2.31. The Bertz CT molecular complexity index is 1030. The van der Waals surface area contributed by atoms with Gasteiger partial charge in [-0.1, -0.05) is 19.1 Å². The topological polar surface area (TPSA) is 61.1 Å². The number of methoxy groups -OCH3 is 1. The van der Waals surface area contributed by atoms with Crippen LogP contribution >= 0.6 is 0 Å². The van der Waals surface area contributed by atoms with Crippen molar-refractivity contribution in [1.82, 2.24) is 4.90 Å². The molecule has 1 aromatic heterocycles. The molecule has 4 rings (SSSR count). The van der Waals surface area contributed by atoms with Gasteiger partial charge in [-0.2, -0.15) is 0 Å². The molecule has 0 unspecified atom stereocenters. The number of nitrogens with zero attached hydrogens (tertiary/aromatic N) is 1. The SMILES string of the molecule is CCN(Cc1cc(=O)oc2cc(OC)ccc12)C[C@H]1COc2ccccc2O1. The summed E-state index contributed by atoms with van der Waals surface area (Å²) in [6.07, 6.45) is -0.0682. The quantitative estimate of drug-likeness (QED) is 0.610. The molecular weight excluding hydrogens is 358 g/mol. The summed E-state index contributed by atoms with van der Waals surface area (Å²) in [5, 5.41) is 0.907. The maximum atomic E-state index is 12.0. The highest BCUT2D eigenvalue weighted by atomic mass is 16.6. The van der Waals surface area contributed by atoms with Crippen LogP contribution in [-0.4, -0.2) is 37.8 Å². The summed E-state index contributed by atoms with van der Waals surface area (Å²) >= 11 is 0. The van der Waals surface area contributed by atoms with Gasteiger partial charge < -0.3 is 18.6 Å². The highest BCUT2D eigenvalue weighted by molar-refractivity contribution is 5.81. The zero-order valence-corrected chi connectivity index (χ0v) is 16.0. The lowest BCUT2D eigenvalue weighted by molar-refractivity contribution is 0.0581. The molecule has 2 aromatic carbocycles. The lowest BCUT2D eigenvalue weighted by Gasteiger charge is -2.31. The normalized spacial score (nSPS) is 15.8. The first-order valence-electron chi connectivity index (χ1n) is 9.38. The van der Waals surface area contributed by atoms with Crippen molar-refractivity contribution in [2.24, 2.45) is 0 Å². The van der Waals surface area contributed by atoms with Crippen molar-refractivity contribution in [1.29, 1.82) is 0 Å². The van der Waals surface area contributed by atoms with E-state index in [0.717, 1.165) is 29.0 Å². The fourth-order valence-corrected chi connectivity index (χ4v) is 3.46. The Morgan fingerprint density at radius 1 is 1.14 bits per heavy atom. The molecule has 6 nitrogen and oxygen atoms in total. The van der Waals surface area contributed by atoms with Crippen molar-refractivity contribution < 1.29 is 18.6 Å². The summed E-state index contributed by atoms with van der Waals surface area (Å²) in [6.45, 7) is 4.73. The smallest absolute Gasteiger partial charge is 0.336 e. The van der Waals surface area contributed by atoms with Crippen LogP contribution in [0.2, 0.25) is 0 Å². The van der Waals surface area contributed by atoms with Crippen LogP contribution in [0.5, 0.6) is 17.2 Å². The molecule has 0 radical (unpaired) electrons. The summed E-state index contributed by atoms with van der Waals surface area (Å²) in [4.78, 5) is 14.3. The van der Waals surface area contributed by atoms with Gasteiger partial charge in [0, 0.05) is 30.6 Å². The van der Waals surface area contributed by atoms with E-state index in [4.69, 9.17) is 18.6 Å². The van der Waals surface area contributed by atoms with Gasteiger partial charge in [-0.3, -0.25) is 4.90 Å². The maximum absolute atomic E-state index is 12.0. The van der Waals surface area contributed by atoms with Crippen molar-refractivity contribution in [3.8, 4) is 17.2 Å². The molecule has 0 saturated carbocycles. The molecule has 28 heavy (non-hydrogen) atoms. The number of ether oxygens (including phenoxy) is 3. The molecule has 0 fully saturated rings. The van der Waals surface area contributed by atoms with Crippen LogP contribution in [0.15, 0.2) is 57.7 Å². The average molecular weight is 381 g/mol. The van der Waals surface area contributed by atoms with Crippen LogP contribution < -0.4 is 19.8 Å². The van der Waals surface area contributed by atoms with Crippen molar-refractivity contribution >= 4 is 11.0 Å². The molecule has 1 atom stereocenters. The van der Waals surface area contributed by atoms with E-state index >= 15 is 0 Å². The van der Waals surface area contributed by atoms with Gasteiger partial charge in [-0.25, -0.2) is 4.79 Å². The van der Waals surface area contributed by atoms with E-state index in [1.54, 1.807) is 19.2 Å². The van der Waals surface area contributed by atoms with Crippen molar-refractivity contribution in [2.45, 2.75) is 19.6 Å². The molecule has 2 heterocycles. The van der Waals surface area contributed by atoms with E-state index in [0.29, 0.717) is 31.0 Å². The van der Waals surface area contributed by atoms with E-state index in [2.05, 4.69) is 11.8 Å². The van der Waals surface area contributed by atoms with Gasteiger partial charge in [0.05, 0.1) is 7.11 Å². The molecule has 0 bridgehead atoms. The molecule has 1 aliphatic rings. The first kappa shape index (κ1) is 18.4. The maximum Gasteiger partial charge on any atom is 0.336 e. The van der Waals surface area contributed by atoms with E-state index in [-0.39, 0.29) is 11.7 Å². The summed E-state index contributed by atoms with van der Waals surface area (Å²) in [7, 11) is 1.59. The van der Waals surface area contributed by atoms with Crippen molar-refractivity contribution in [3.05, 3.63) is 64.5 Å². The number of fused-ring (bicyclic) bond motifs is 2. The van der Waals surface area contributed by atoms with Crippen molar-refractivity contribution in [2.75, 3.05) is 26.8 Å². The number of benzene rings is 2. The van der Waals surface area contributed by atoms with E-state index in [1.807, 2.05) is 36.4 Å². The standard InChI is InChI=1S/C22H23NO5/c1-3-23(13-17-14-26-19-6-4-5-7-20(19)27-17)12-15-10-22(24)28-21-11-16(25-2)8-9-18(15)21/h4-11,17H,3,12-14H2,1-2H3/t17-/m0/s1. The molecule has 0 N–H and O–H groups in total. The molecule has 3 aromatic rings. The zero-order chi connectivity index (χ0) is 19.5. The Hall–Kier alpha value is -2.99. The molecule has 6 heteroatoms. The Balaban J connectivity index is 1.53. The Labute approximate surface area is 163 Å². The lowest BCUT2D eigenvalue weighted by atomic mass is 10.1. The largest absolute Gasteiger partial charge is 0.497 e. The van der Waals surface area contributed by atoms with Crippen LogP contribution in [-0.2, 0) is 6.54 Å². The van der Waals surface area contributed by atoms with E-state index in [9.17, 15) is 4.79 Å². The average Bonchev–Trinajstić information content (AvgIpc) is 2.72. The van der Waals surface area contributed by atoms with Gasteiger partial charge in [0.15, 0.2) is 11.5 Å². The number of rotatable bonds is 6. The minimum absolute atomic E-state index is 0.0682. The molecule has 0 spiro atoms. The van der Waals surface area contributed by atoms with E-state index < -0.39 is 0 Å². The minimum atomic E-state index is -0.363. The third kappa shape index (κ3) is 3.82. The predicted molar refractivity (Wildman–Crippen MR) is 106 cm³/mol. The van der Waals surface area contributed by atoms with Gasteiger partial charge in [-0.05, 0) is 36.4 Å². The lowest BCUT2D eigenvalue weighted by Crippen LogP contribution is -2.40. The van der Waals surface area contributed by atoms with Crippen LogP contribution in [0, 0.1) is 0 Å². The first-order chi connectivity index (χ1) is 13.7. The third-order valence-electron chi connectivity index (χ3n) is 4.91. The van der Waals surface area contributed by atoms with Gasteiger partial charge >= 0.3 is 5.63 Å². The van der Waals surface area contributed by atoms with Crippen molar-refractivity contribution in [3.63, 3.8) is 0 Å². The van der Waals surface area contributed by atoms with Gasteiger partial charge in [-0.15, -0.1) is 0 Å². The third-order valence-corrected chi connectivity index (χ3v) is 4.91. The summed E-state index contributed by atoms with van der Waals surface area (Å²) < 4.78 is 22.5. The van der Waals surface area contributed by atoms with Crippen LogP contribution in [0.25, 0.3) is 11.0 Å². The van der Waals surface area contributed by atoms with Gasteiger partial charge in [0.1, 0.15) is 24.0 Å². The molecule has 0 amide bonds. The summed E-state index contributed by atoms with van der Waals surface area (Å²) in [5.41, 5.74) is 1.09. The second kappa shape index (κ2) is 7.94. The minimum Gasteiger partial charge on any atom is -0.497 e. The molecule has 146 valence electrons. The number of hydrogen-bond donors (Lipinski definition) is 0. The van der Waals surface area contributed by atoms with Crippen LogP contribution in [0.3, 0.4) is 0 Å². The zero-order valence-electron chi connectivity index (χ0n) is 16.0. The Morgan fingerprint density at radius 3 is 2.75 bits per heavy atom.